The van der Waals surface area contributed by atoms with Gasteiger partial charge in [-0.25, -0.2) is 4.39 Å². The van der Waals surface area contributed by atoms with Gasteiger partial charge in [-0.2, -0.15) is 5.26 Å². The van der Waals surface area contributed by atoms with E-state index >= 15 is 0 Å². The third-order valence-corrected chi connectivity index (χ3v) is 4.19. The summed E-state index contributed by atoms with van der Waals surface area (Å²) in [5, 5.41) is 11.8. The number of nitrogens with one attached hydrogen (secondary N) is 1. The molecule has 2 heterocycles. The van der Waals surface area contributed by atoms with E-state index < -0.39 is 0 Å². The molecule has 2 unspecified atom stereocenters. The van der Waals surface area contributed by atoms with Crippen LogP contribution in [0.5, 0.6) is 0 Å². The van der Waals surface area contributed by atoms with Gasteiger partial charge in [0.25, 0.3) is 0 Å². The highest BCUT2D eigenvalue weighted by Gasteiger charge is 2.40. The molecule has 0 radical (unpaired) electrons. The fourth-order valence-corrected chi connectivity index (χ4v) is 3.28. The SMILES string of the molecule is N#Cc1cc(F)cc(CN2CCCC3C(=O)NCC32)c1. The van der Waals surface area contributed by atoms with Crippen LogP contribution < -0.4 is 5.32 Å². The van der Waals surface area contributed by atoms with Crippen molar-refractivity contribution in [2.45, 2.75) is 25.4 Å². The normalized spacial score (nSPS) is 25.9. The molecule has 0 saturated carbocycles. The van der Waals surface area contributed by atoms with E-state index in [2.05, 4.69) is 10.2 Å². The van der Waals surface area contributed by atoms with Gasteiger partial charge in [-0.1, -0.05) is 0 Å². The molecule has 2 aliphatic rings. The number of carbonyl (C=O) groups excluding carboxylic acids is 1. The summed E-state index contributed by atoms with van der Waals surface area (Å²) in [5.74, 6) is -0.183. The van der Waals surface area contributed by atoms with E-state index in [9.17, 15) is 9.18 Å². The first kappa shape index (κ1) is 13.1. The van der Waals surface area contributed by atoms with E-state index in [1.165, 1.54) is 12.1 Å². The van der Waals surface area contributed by atoms with Crippen molar-refractivity contribution < 1.29 is 9.18 Å². The van der Waals surface area contributed by atoms with Gasteiger partial charge in [-0.05, 0) is 43.1 Å². The van der Waals surface area contributed by atoms with E-state index in [0.717, 1.165) is 24.9 Å². The third kappa shape index (κ3) is 2.39. The molecule has 20 heavy (non-hydrogen) atoms. The highest BCUT2D eigenvalue weighted by atomic mass is 19.1. The molecule has 0 bridgehead atoms. The molecule has 1 aromatic carbocycles. The van der Waals surface area contributed by atoms with Crippen molar-refractivity contribution in [2.75, 3.05) is 13.1 Å². The van der Waals surface area contributed by atoms with Gasteiger partial charge in [0.05, 0.1) is 17.6 Å². The molecule has 5 heteroatoms. The fraction of sp³-hybridized carbons (Fsp3) is 0.467. The predicted octanol–water partition coefficient (Wildman–Crippen LogP) is 1.41. The quantitative estimate of drug-likeness (QED) is 0.886. The van der Waals surface area contributed by atoms with E-state index in [-0.39, 0.29) is 23.7 Å². The maximum atomic E-state index is 13.5. The summed E-state index contributed by atoms with van der Waals surface area (Å²) in [7, 11) is 0. The summed E-state index contributed by atoms with van der Waals surface area (Å²) < 4.78 is 13.5. The molecule has 0 aromatic heterocycles. The molecule has 2 aliphatic heterocycles. The number of nitrogens with zero attached hydrogens (tertiary/aromatic N) is 2. The van der Waals surface area contributed by atoms with Gasteiger partial charge < -0.3 is 5.32 Å². The number of fused-ring (bicyclic) bond motifs is 1. The van der Waals surface area contributed by atoms with Gasteiger partial charge in [0.2, 0.25) is 5.91 Å². The Balaban J connectivity index is 1.79. The number of rotatable bonds is 2. The van der Waals surface area contributed by atoms with Gasteiger partial charge in [-0.15, -0.1) is 0 Å². The molecule has 2 fully saturated rings. The molecule has 2 saturated heterocycles. The Bertz CT molecular complexity index is 581. The summed E-state index contributed by atoms with van der Waals surface area (Å²) in [4.78, 5) is 13.9. The number of benzene rings is 1. The Morgan fingerprint density at radius 1 is 1.45 bits per heavy atom. The number of carbonyl (C=O) groups is 1. The first-order valence-corrected chi connectivity index (χ1v) is 6.89. The zero-order valence-electron chi connectivity index (χ0n) is 11.1. The molecule has 1 N–H and O–H groups in total. The van der Waals surface area contributed by atoms with Crippen molar-refractivity contribution in [2.24, 2.45) is 5.92 Å². The molecule has 3 rings (SSSR count). The standard InChI is InChI=1S/C15H16FN3O/c16-12-5-10(7-17)4-11(6-12)9-19-3-1-2-13-14(19)8-18-15(13)20/h4-6,13-14H,1-3,8-9H2,(H,18,20). The lowest BCUT2D eigenvalue weighted by Gasteiger charge is -2.35. The molecule has 0 aliphatic carbocycles. The van der Waals surface area contributed by atoms with Crippen LogP contribution in [0.25, 0.3) is 0 Å². The Morgan fingerprint density at radius 3 is 3.10 bits per heavy atom. The van der Waals surface area contributed by atoms with Gasteiger partial charge in [0.1, 0.15) is 5.82 Å². The van der Waals surface area contributed by atoms with Crippen LogP contribution in [0.1, 0.15) is 24.0 Å². The second-order valence-electron chi connectivity index (χ2n) is 5.49. The van der Waals surface area contributed by atoms with Gasteiger partial charge in [0.15, 0.2) is 0 Å². The van der Waals surface area contributed by atoms with Crippen LogP contribution in [-0.4, -0.2) is 29.9 Å². The number of nitriles is 1. The Hall–Kier alpha value is -1.93. The van der Waals surface area contributed by atoms with Crippen molar-refractivity contribution in [1.82, 2.24) is 10.2 Å². The van der Waals surface area contributed by atoms with E-state index in [4.69, 9.17) is 5.26 Å². The summed E-state index contributed by atoms with van der Waals surface area (Å²) in [6.07, 6.45) is 1.91. The van der Waals surface area contributed by atoms with Crippen LogP contribution in [0.2, 0.25) is 0 Å². The largest absolute Gasteiger partial charge is 0.354 e. The monoisotopic (exact) mass is 273 g/mol. The maximum absolute atomic E-state index is 13.5. The second kappa shape index (κ2) is 5.22. The Labute approximate surface area is 117 Å². The predicted molar refractivity (Wildman–Crippen MR) is 71.0 cm³/mol. The van der Waals surface area contributed by atoms with Crippen LogP contribution in [-0.2, 0) is 11.3 Å². The summed E-state index contributed by atoms with van der Waals surface area (Å²) >= 11 is 0. The van der Waals surface area contributed by atoms with Crippen molar-refractivity contribution in [3.05, 3.63) is 35.1 Å². The zero-order chi connectivity index (χ0) is 14.1. The molecule has 1 aromatic rings. The number of piperidine rings is 1. The average molecular weight is 273 g/mol. The van der Waals surface area contributed by atoms with Crippen LogP contribution in [0.4, 0.5) is 4.39 Å². The lowest BCUT2D eigenvalue weighted by molar-refractivity contribution is -0.124. The molecular formula is C15H16FN3O. The van der Waals surface area contributed by atoms with Crippen LogP contribution in [0, 0.1) is 23.1 Å². The van der Waals surface area contributed by atoms with Crippen molar-refractivity contribution in [3.8, 4) is 6.07 Å². The first-order chi connectivity index (χ1) is 9.67. The molecule has 4 nitrogen and oxygen atoms in total. The first-order valence-electron chi connectivity index (χ1n) is 6.89. The Morgan fingerprint density at radius 2 is 2.30 bits per heavy atom. The topological polar surface area (TPSA) is 56.1 Å². The number of likely N-dealkylation sites (tertiary alicyclic amines) is 1. The smallest absolute Gasteiger partial charge is 0.224 e. The number of hydrogen-bond donors (Lipinski definition) is 1. The number of amides is 1. The summed E-state index contributed by atoms with van der Waals surface area (Å²) in [5.41, 5.74) is 1.13. The molecular weight excluding hydrogens is 257 g/mol. The van der Waals surface area contributed by atoms with E-state index in [0.29, 0.717) is 18.7 Å². The zero-order valence-corrected chi connectivity index (χ0v) is 11.1. The molecule has 0 spiro atoms. The minimum Gasteiger partial charge on any atom is -0.354 e. The third-order valence-electron chi connectivity index (χ3n) is 4.19. The van der Waals surface area contributed by atoms with Crippen LogP contribution >= 0.6 is 0 Å². The Kier molecular flexibility index (Phi) is 3.41. The average Bonchev–Trinajstić information content (AvgIpc) is 2.81. The highest BCUT2D eigenvalue weighted by molar-refractivity contribution is 5.82. The lowest BCUT2D eigenvalue weighted by Crippen LogP contribution is -2.44. The van der Waals surface area contributed by atoms with Crippen molar-refractivity contribution in [3.63, 3.8) is 0 Å². The fourth-order valence-electron chi connectivity index (χ4n) is 3.28. The number of halogens is 1. The molecule has 104 valence electrons. The maximum Gasteiger partial charge on any atom is 0.224 e. The van der Waals surface area contributed by atoms with E-state index in [1.54, 1.807) is 6.07 Å². The second-order valence-corrected chi connectivity index (χ2v) is 5.49. The van der Waals surface area contributed by atoms with Crippen LogP contribution in [0.15, 0.2) is 18.2 Å². The summed E-state index contributed by atoms with van der Waals surface area (Å²) in [6.45, 7) is 2.17. The molecule has 1 amide bonds. The number of hydrogen-bond acceptors (Lipinski definition) is 3. The summed E-state index contributed by atoms with van der Waals surface area (Å²) in [6, 6.07) is 6.60. The highest BCUT2D eigenvalue weighted by Crippen LogP contribution is 2.28. The van der Waals surface area contributed by atoms with Gasteiger partial charge in [-0.3, -0.25) is 9.69 Å². The van der Waals surface area contributed by atoms with Crippen LogP contribution in [0.3, 0.4) is 0 Å². The minimum atomic E-state index is -0.381. The molecule has 2 atom stereocenters. The minimum absolute atomic E-state index is 0.0627. The van der Waals surface area contributed by atoms with E-state index in [1.807, 2.05) is 6.07 Å². The van der Waals surface area contributed by atoms with Crippen molar-refractivity contribution in [1.29, 1.82) is 5.26 Å². The lowest BCUT2D eigenvalue weighted by atomic mass is 9.91. The van der Waals surface area contributed by atoms with Gasteiger partial charge in [0, 0.05) is 19.1 Å². The van der Waals surface area contributed by atoms with Gasteiger partial charge >= 0.3 is 0 Å². The van der Waals surface area contributed by atoms with Crippen molar-refractivity contribution >= 4 is 5.91 Å².